The van der Waals surface area contributed by atoms with E-state index >= 15 is 0 Å². The standard InChI is InChI=1S/C30H30N3Si.C13H24O2.Ir/c1-30(2,3)17-23-28-26-16-21-24(12-9-13-27(21)34(4,5)6)33(26)25-15-20-11-8-7-10-19(20)14-22(25)29(28)32-18-31-23;1-5-10(6-2)12(14)9-13(15)11(7-3)8-4;/h7-13,15-16,18H,17H2,1-6H3;9-11,14H,5-8H2,1-4H3;/q-1;;/b;12-9-;. The van der Waals surface area contributed by atoms with Gasteiger partial charge in [-0.2, -0.15) is 0 Å². The van der Waals surface area contributed by atoms with Gasteiger partial charge in [-0.1, -0.05) is 120 Å². The van der Waals surface area contributed by atoms with E-state index in [0.29, 0.717) is 0 Å². The number of fused-ring (bicyclic) bond motifs is 9. The van der Waals surface area contributed by atoms with E-state index in [0.717, 1.165) is 65.0 Å². The first-order chi connectivity index (χ1) is 23.2. The van der Waals surface area contributed by atoms with Gasteiger partial charge in [0.2, 0.25) is 0 Å². The number of allylic oxidation sites excluding steroid dienone is 2. The second-order valence-corrected chi connectivity index (χ2v) is 20.8. The first-order valence-electron chi connectivity index (χ1n) is 18.1. The van der Waals surface area contributed by atoms with E-state index in [1.54, 1.807) is 6.33 Å². The molecule has 3 aromatic carbocycles. The monoisotopic (exact) mass is 865 g/mol. The number of aliphatic hydroxyl groups is 1. The van der Waals surface area contributed by atoms with Crippen LogP contribution >= 0.6 is 0 Å². The molecule has 0 amide bonds. The summed E-state index contributed by atoms with van der Waals surface area (Å²) in [6, 6.07) is 23.7. The fourth-order valence-corrected chi connectivity index (χ4v) is 8.74. The molecule has 5 nitrogen and oxygen atoms in total. The van der Waals surface area contributed by atoms with Gasteiger partial charge < -0.3 is 9.51 Å². The molecule has 0 spiro atoms. The smallest absolute Gasteiger partial charge is 0.162 e. The van der Waals surface area contributed by atoms with Gasteiger partial charge in [0.1, 0.15) is 6.33 Å². The second-order valence-electron chi connectivity index (χ2n) is 15.8. The van der Waals surface area contributed by atoms with Crippen LogP contribution in [-0.2, 0) is 31.3 Å². The number of pyridine rings is 1. The van der Waals surface area contributed by atoms with Crippen molar-refractivity contribution in [3.8, 4) is 0 Å². The number of rotatable bonds is 9. The third-order valence-electron chi connectivity index (χ3n) is 9.86. The van der Waals surface area contributed by atoms with Crippen LogP contribution in [0.4, 0.5) is 0 Å². The van der Waals surface area contributed by atoms with Gasteiger partial charge >= 0.3 is 0 Å². The molecule has 1 radical (unpaired) electrons. The molecule has 0 aliphatic rings. The van der Waals surface area contributed by atoms with Crippen molar-refractivity contribution in [1.29, 1.82) is 0 Å². The molecular formula is C43H54IrN3O2Si-. The summed E-state index contributed by atoms with van der Waals surface area (Å²) in [6.07, 6.45) is 7.53. The SMILES string of the molecule is CC(C)(C)Cc1ncnc2c3[c-]c4ccccc4cc3n3c4cccc([Si](C)(C)C)c4cc3c12.CCC(CC)C(=O)/C=C(\O)C(CC)CC.[Ir]. The maximum absolute atomic E-state index is 11.7. The number of hydrogen-bond donors (Lipinski definition) is 1. The van der Waals surface area contributed by atoms with Gasteiger partial charge in [-0.3, -0.25) is 9.78 Å². The van der Waals surface area contributed by atoms with Crippen LogP contribution in [0, 0.1) is 23.3 Å². The van der Waals surface area contributed by atoms with Gasteiger partial charge in [0.15, 0.2) is 5.78 Å². The molecule has 6 aromatic rings. The maximum Gasteiger partial charge on any atom is 0.162 e. The van der Waals surface area contributed by atoms with Crippen LogP contribution in [0.1, 0.15) is 79.8 Å². The van der Waals surface area contributed by atoms with Crippen LogP contribution in [0.2, 0.25) is 19.6 Å². The number of ketones is 1. The molecule has 1 N–H and O–H groups in total. The molecule has 0 aliphatic carbocycles. The van der Waals surface area contributed by atoms with E-state index in [-0.39, 0.29) is 48.9 Å². The van der Waals surface area contributed by atoms with Gasteiger partial charge in [-0.05, 0) is 60.6 Å². The molecule has 0 unspecified atom stereocenters. The van der Waals surface area contributed by atoms with Crippen molar-refractivity contribution in [3.63, 3.8) is 0 Å². The van der Waals surface area contributed by atoms with Gasteiger partial charge in [0.05, 0.1) is 13.8 Å². The van der Waals surface area contributed by atoms with Crippen molar-refractivity contribution >= 4 is 68.0 Å². The van der Waals surface area contributed by atoms with Crippen molar-refractivity contribution in [2.75, 3.05) is 0 Å². The van der Waals surface area contributed by atoms with E-state index in [9.17, 15) is 9.90 Å². The number of nitrogens with zero attached hydrogens (tertiary/aromatic N) is 3. The van der Waals surface area contributed by atoms with E-state index < -0.39 is 8.07 Å². The first-order valence-corrected chi connectivity index (χ1v) is 21.6. The quantitative estimate of drug-likeness (QED) is 0.0393. The summed E-state index contributed by atoms with van der Waals surface area (Å²) in [4.78, 5) is 21.4. The largest absolute Gasteiger partial charge is 0.512 e. The van der Waals surface area contributed by atoms with Gasteiger partial charge in [-0.25, -0.2) is 4.98 Å². The van der Waals surface area contributed by atoms with Gasteiger partial charge in [0.25, 0.3) is 0 Å². The molecule has 0 aliphatic heterocycles. The summed E-state index contributed by atoms with van der Waals surface area (Å²) in [6.45, 7) is 22.2. The first kappa shape index (κ1) is 39.4. The van der Waals surface area contributed by atoms with Crippen molar-refractivity contribution in [3.05, 3.63) is 84.5 Å². The number of aromatic nitrogens is 3. The van der Waals surface area contributed by atoms with Crippen LogP contribution in [0.5, 0.6) is 0 Å². The zero-order chi connectivity index (χ0) is 35.7. The van der Waals surface area contributed by atoms with E-state index in [2.05, 4.69) is 105 Å². The Bertz CT molecular complexity index is 2160. The Morgan fingerprint density at radius 1 is 0.880 bits per heavy atom. The minimum absolute atomic E-state index is 0. The number of hydrogen-bond acceptors (Lipinski definition) is 4. The van der Waals surface area contributed by atoms with Crippen LogP contribution in [-0.4, -0.2) is 33.3 Å². The molecule has 3 heterocycles. The summed E-state index contributed by atoms with van der Waals surface area (Å²) in [7, 11) is -1.54. The molecule has 7 heteroatoms. The van der Waals surface area contributed by atoms with E-state index in [4.69, 9.17) is 9.97 Å². The van der Waals surface area contributed by atoms with E-state index in [1.165, 1.54) is 33.1 Å². The third-order valence-corrected chi connectivity index (χ3v) is 11.9. The van der Waals surface area contributed by atoms with E-state index in [1.807, 2.05) is 27.7 Å². The molecule has 267 valence electrons. The number of carbonyl (C=O) groups excluding carboxylic acids is 1. The normalized spacial score (nSPS) is 12.7. The number of carbonyl (C=O) groups is 1. The minimum atomic E-state index is -1.54. The Labute approximate surface area is 313 Å². The summed E-state index contributed by atoms with van der Waals surface area (Å²) in [5.74, 6) is 0.547. The summed E-state index contributed by atoms with van der Waals surface area (Å²) in [5, 5.41) is 17.1. The Balaban J connectivity index is 0.000000301. The molecule has 0 saturated carbocycles. The summed E-state index contributed by atoms with van der Waals surface area (Å²) < 4.78 is 2.44. The van der Waals surface area contributed by atoms with Gasteiger partial charge in [-0.15, -0.1) is 17.5 Å². The summed E-state index contributed by atoms with van der Waals surface area (Å²) in [5.41, 5.74) is 5.85. The van der Waals surface area contributed by atoms with Crippen molar-refractivity contribution in [1.82, 2.24) is 14.4 Å². The minimum Gasteiger partial charge on any atom is -0.512 e. The van der Waals surface area contributed by atoms with Crippen LogP contribution in [0.3, 0.4) is 0 Å². The fourth-order valence-electron chi connectivity index (χ4n) is 7.14. The maximum atomic E-state index is 11.7. The molecule has 0 bridgehead atoms. The summed E-state index contributed by atoms with van der Waals surface area (Å²) >= 11 is 0. The average molecular weight is 865 g/mol. The van der Waals surface area contributed by atoms with Crippen molar-refractivity contribution in [2.24, 2.45) is 17.3 Å². The average Bonchev–Trinajstić information content (AvgIpc) is 3.44. The predicted molar refractivity (Wildman–Crippen MR) is 212 cm³/mol. The topological polar surface area (TPSA) is 67.5 Å². The second kappa shape index (κ2) is 15.9. The Morgan fingerprint density at radius 2 is 1.54 bits per heavy atom. The van der Waals surface area contributed by atoms with Crippen LogP contribution in [0.25, 0.3) is 49.0 Å². The molecule has 6 rings (SSSR count). The van der Waals surface area contributed by atoms with Crippen LogP contribution in [0.15, 0.2) is 72.8 Å². The Hall–Kier alpha value is -3.38. The molecule has 3 aromatic heterocycles. The molecular weight excluding hydrogens is 811 g/mol. The van der Waals surface area contributed by atoms with Crippen LogP contribution < -0.4 is 5.19 Å². The van der Waals surface area contributed by atoms with Crippen molar-refractivity contribution in [2.45, 2.75) is 100 Å². The third kappa shape index (κ3) is 8.06. The molecule has 0 saturated heterocycles. The Kier molecular flexibility index (Phi) is 12.5. The van der Waals surface area contributed by atoms with Crippen molar-refractivity contribution < 1.29 is 30.0 Å². The molecule has 0 fully saturated rings. The number of benzene rings is 3. The zero-order valence-electron chi connectivity index (χ0n) is 31.6. The van der Waals surface area contributed by atoms with Gasteiger partial charge in [0, 0.05) is 65.6 Å². The zero-order valence-corrected chi connectivity index (χ0v) is 35.0. The fraction of sp³-hybridized carbons (Fsp3) is 0.419. The molecule has 0 atom stereocenters. The predicted octanol–water partition coefficient (Wildman–Crippen LogP) is 11.1. The molecule has 50 heavy (non-hydrogen) atoms. The number of aliphatic hydroxyl groups excluding tert-OH is 1. The Morgan fingerprint density at radius 3 is 2.16 bits per heavy atom.